The maximum Gasteiger partial charge on any atom is 0.233 e. The Morgan fingerprint density at radius 2 is 2.22 bits per heavy atom. The molecule has 0 saturated heterocycles. The third-order valence-corrected chi connectivity index (χ3v) is 2.66. The van der Waals surface area contributed by atoms with Gasteiger partial charge in [-0.1, -0.05) is 0 Å². The summed E-state index contributed by atoms with van der Waals surface area (Å²) in [4.78, 5) is 8.37. The van der Waals surface area contributed by atoms with E-state index in [9.17, 15) is 0 Å². The number of rotatable bonds is 2. The molecule has 0 amide bonds. The van der Waals surface area contributed by atoms with Crippen LogP contribution in [0, 0.1) is 5.41 Å². The molecule has 0 aliphatic carbocycles. The standard InChI is InChI=1S/C13H11N3O2/c1-2-17-12(14)11-10-8-4-3-6-16-13(8)18-9(10)5-7-15-11/h3-7,14H,2H2,1H3. The van der Waals surface area contributed by atoms with Crippen molar-refractivity contribution in [2.45, 2.75) is 6.92 Å². The fraction of sp³-hybridized carbons (Fsp3) is 0.154. The second-order valence-corrected chi connectivity index (χ2v) is 3.75. The number of aromatic nitrogens is 2. The Morgan fingerprint density at radius 3 is 3.06 bits per heavy atom. The van der Waals surface area contributed by atoms with Gasteiger partial charge in [0.05, 0.1) is 17.4 Å². The molecule has 5 heteroatoms. The van der Waals surface area contributed by atoms with Crippen LogP contribution in [-0.2, 0) is 4.74 Å². The van der Waals surface area contributed by atoms with Crippen LogP contribution in [0.25, 0.3) is 22.1 Å². The van der Waals surface area contributed by atoms with Crippen molar-refractivity contribution in [2.75, 3.05) is 6.61 Å². The second kappa shape index (κ2) is 4.10. The number of nitrogens with one attached hydrogen (secondary N) is 1. The molecule has 0 aromatic carbocycles. The topological polar surface area (TPSA) is 72.0 Å². The van der Waals surface area contributed by atoms with Gasteiger partial charge in [-0.3, -0.25) is 10.4 Å². The Balaban J connectivity index is 2.35. The number of furan rings is 1. The molecule has 3 heterocycles. The van der Waals surface area contributed by atoms with Crippen LogP contribution in [0.2, 0.25) is 0 Å². The molecular formula is C13H11N3O2. The first-order valence-electron chi connectivity index (χ1n) is 5.65. The van der Waals surface area contributed by atoms with Gasteiger partial charge in [-0.2, -0.15) is 0 Å². The summed E-state index contributed by atoms with van der Waals surface area (Å²) in [6.45, 7) is 2.27. The summed E-state index contributed by atoms with van der Waals surface area (Å²) in [5.74, 6) is 0.0506. The summed E-state index contributed by atoms with van der Waals surface area (Å²) in [5, 5.41) is 9.50. The molecule has 0 radical (unpaired) electrons. The van der Waals surface area contributed by atoms with Gasteiger partial charge in [0, 0.05) is 12.4 Å². The highest BCUT2D eigenvalue weighted by Gasteiger charge is 2.16. The number of pyridine rings is 2. The lowest BCUT2D eigenvalue weighted by atomic mass is 10.1. The van der Waals surface area contributed by atoms with Crippen molar-refractivity contribution in [1.82, 2.24) is 9.97 Å². The molecule has 3 aromatic heterocycles. The molecule has 0 aliphatic heterocycles. The molecule has 18 heavy (non-hydrogen) atoms. The van der Waals surface area contributed by atoms with Crippen LogP contribution in [0.15, 0.2) is 35.0 Å². The van der Waals surface area contributed by atoms with Crippen molar-refractivity contribution >= 4 is 28.0 Å². The minimum Gasteiger partial charge on any atom is -0.477 e. The molecule has 0 fully saturated rings. The van der Waals surface area contributed by atoms with Crippen LogP contribution < -0.4 is 0 Å². The highest BCUT2D eigenvalue weighted by molar-refractivity contribution is 6.13. The van der Waals surface area contributed by atoms with Gasteiger partial charge in [0.2, 0.25) is 11.6 Å². The molecule has 0 unspecified atom stereocenters. The third-order valence-electron chi connectivity index (χ3n) is 2.66. The highest BCUT2D eigenvalue weighted by atomic mass is 16.5. The molecule has 0 bridgehead atoms. The predicted octanol–water partition coefficient (Wildman–Crippen LogP) is 2.74. The summed E-state index contributed by atoms with van der Waals surface area (Å²) in [6, 6.07) is 5.50. The molecule has 90 valence electrons. The summed E-state index contributed by atoms with van der Waals surface area (Å²) >= 11 is 0. The monoisotopic (exact) mass is 241 g/mol. The van der Waals surface area contributed by atoms with Gasteiger partial charge in [0.25, 0.3) is 0 Å². The average molecular weight is 241 g/mol. The summed E-state index contributed by atoms with van der Waals surface area (Å²) in [6.07, 6.45) is 3.28. The molecule has 0 saturated carbocycles. The van der Waals surface area contributed by atoms with Crippen molar-refractivity contribution in [1.29, 1.82) is 5.41 Å². The molecule has 0 spiro atoms. The summed E-state index contributed by atoms with van der Waals surface area (Å²) < 4.78 is 10.8. The van der Waals surface area contributed by atoms with E-state index in [0.717, 1.165) is 10.8 Å². The molecule has 5 nitrogen and oxygen atoms in total. The first kappa shape index (κ1) is 10.7. The lowest BCUT2D eigenvalue weighted by molar-refractivity contribution is 0.325. The van der Waals surface area contributed by atoms with E-state index >= 15 is 0 Å². The van der Waals surface area contributed by atoms with Crippen LogP contribution in [-0.4, -0.2) is 22.5 Å². The molecule has 3 aromatic rings. The van der Waals surface area contributed by atoms with Gasteiger partial charge in [0.15, 0.2) is 0 Å². The van der Waals surface area contributed by atoms with Crippen LogP contribution in [0.1, 0.15) is 12.6 Å². The number of nitrogens with zero attached hydrogens (tertiary/aromatic N) is 2. The van der Waals surface area contributed by atoms with E-state index in [4.69, 9.17) is 14.6 Å². The van der Waals surface area contributed by atoms with E-state index in [1.54, 1.807) is 18.5 Å². The molecule has 3 rings (SSSR count). The largest absolute Gasteiger partial charge is 0.477 e. The predicted molar refractivity (Wildman–Crippen MR) is 67.8 cm³/mol. The zero-order valence-electron chi connectivity index (χ0n) is 9.80. The van der Waals surface area contributed by atoms with Gasteiger partial charge >= 0.3 is 0 Å². The summed E-state index contributed by atoms with van der Waals surface area (Å²) in [7, 11) is 0. The Morgan fingerprint density at radius 1 is 1.33 bits per heavy atom. The lowest BCUT2D eigenvalue weighted by Crippen LogP contribution is -2.07. The van der Waals surface area contributed by atoms with E-state index in [0.29, 0.717) is 23.6 Å². The maximum absolute atomic E-state index is 7.88. The van der Waals surface area contributed by atoms with Crippen molar-refractivity contribution in [3.8, 4) is 0 Å². The average Bonchev–Trinajstić information content (AvgIpc) is 2.77. The lowest BCUT2D eigenvalue weighted by Gasteiger charge is -2.04. The quantitative estimate of drug-likeness (QED) is 0.553. The summed E-state index contributed by atoms with van der Waals surface area (Å²) in [5.41, 5.74) is 1.70. The van der Waals surface area contributed by atoms with Gasteiger partial charge in [-0.25, -0.2) is 4.98 Å². The van der Waals surface area contributed by atoms with Crippen LogP contribution in [0.4, 0.5) is 0 Å². The van der Waals surface area contributed by atoms with Gasteiger partial charge in [-0.05, 0) is 25.1 Å². The van der Waals surface area contributed by atoms with Gasteiger partial charge < -0.3 is 9.15 Å². The Hall–Kier alpha value is -2.43. The van der Waals surface area contributed by atoms with Gasteiger partial charge in [-0.15, -0.1) is 0 Å². The zero-order valence-corrected chi connectivity index (χ0v) is 9.80. The van der Waals surface area contributed by atoms with Crippen molar-refractivity contribution in [3.05, 3.63) is 36.3 Å². The minimum atomic E-state index is 0.0506. The number of hydrogen-bond acceptors (Lipinski definition) is 5. The Labute approximate surface area is 103 Å². The SMILES string of the molecule is CCOC(=N)c1nccc2oc3ncccc3c12. The van der Waals surface area contributed by atoms with E-state index in [2.05, 4.69) is 9.97 Å². The first-order valence-corrected chi connectivity index (χ1v) is 5.65. The van der Waals surface area contributed by atoms with E-state index < -0.39 is 0 Å². The van der Waals surface area contributed by atoms with Crippen molar-refractivity contribution < 1.29 is 9.15 Å². The normalized spacial score (nSPS) is 10.9. The highest BCUT2D eigenvalue weighted by Crippen LogP contribution is 2.29. The second-order valence-electron chi connectivity index (χ2n) is 3.75. The smallest absolute Gasteiger partial charge is 0.233 e. The zero-order chi connectivity index (χ0) is 12.5. The Kier molecular flexibility index (Phi) is 2.44. The fourth-order valence-corrected chi connectivity index (χ4v) is 1.94. The van der Waals surface area contributed by atoms with Gasteiger partial charge in [0.1, 0.15) is 11.3 Å². The van der Waals surface area contributed by atoms with Crippen LogP contribution >= 0.6 is 0 Å². The van der Waals surface area contributed by atoms with Crippen molar-refractivity contribution in [2.24, 2.45) is 0 Å². The fourth-order valence-electron chi connectivity index (χ4n) is 1.94. The number of hydrogen-bond donors (Lipinski definition) is 1. The first-order chi connectivity index (χ1) is 8.81. The third kappa shape index (κ3) is 1.52. The molecular weight excluding hydrogens is 230 g/mol. The number of ether oxygens (including phenoxy) is 1. The van der Waals surface area contributed by atoms with Crippen LogP contribution in [0.5, 0.6) is 0 Å². The maximum atomic E-state index is 7.88. The minimum absolute atomic E-state index is 0.0506. The molecule has 1 N–H and O–H groups in total. The van der Waals surface area contributed by atoms with E-state index in [-0.39, 0.29) is 5.90 Å². The van der Waals surface area contributed by atoms with E-state index in [1.807, 2.05) is 19.1 Å². The molecule has 0 atom stereocenters. The molecule has 0 aliphatic rings. The van der Waals surface area contributed by atoms with Crippen LogP contribution in [0.3, 0.4) is 0 Å². The van der Waals surface area contributed by atoms with Crippen molar-refractivity contribution in [3.63, 3.8) is 0 Å². The number of fused-ring (bicyclic) bond motifs is 3. The van der Waals surface area contributed by atoms with E-state index in [1.165, 1.54) is 0 Å². The Bertz CT molecular complexity index is 733.